The van der Waals surface area contributed by atoms with Gasteiger partial charge < -0.3 is 9.47 Å². The lowest BCUT2D eigenvalue weighted by atomic mass is 9.82. The second-order valence-electron chi connectivity index (χ2n) is 17.4. The van der Waals surface area contributed by atoms with E-state index in [0.29, 0.717) is 0 Å². The number of anilines is 3. The first kappa shape index (κ1) is 29.4. The third-order valence-electron chi connectivity index (χ3n) is 14.6. The molecule has 6 aromatic rings. The summed E-state index contributed by atoms with van der Waals surface area (Å²) in [4.78, 5) is 2.53. The van der Waals surface area contributed by atoms with E-state index in [2.05, 4.69) is 133 Å². The minimum Gasteiger partial charge on any atom is -0.344 e. The first-order chi connectivity index (χ1) is 24.4. The zero-order chi connectivity index (χ0) is 33.3. The first-order valence-corrected chi connectivity index (χ1v) is 19.6. The lowest BCUT2D eigenvalue weighted by molar-refractivity contribution is 0.420. The number of para-hydroxylation sites is 1. The molecule has 1 heterocycles. The molecule has 5 aliphatic carbocycles. The molecule has 0 N–H and O–H groups in total. The molecule has 0 amide bonds. The molecule has 0 radical (unpaired) electrons. The van der Waals surface area contributed by atoms with Crippen LogP contribution in [0.15, 0.2) is 103 Å². The number of rotatable bonds is 5. The van der Waals surface area contributed by atoms with Gasteiger partial charge in [-0.15, -0.1) is 0 Å². The standard InChI is InChI=1S/C48H48N2/c1-48(2)42-22-23-45-47(39-6-4-5-7-44(39)49(45)3)46(42)38-21-20-37(28-43(38)48)50(35-16-12-31(13-17-35)40-26-29-8-10-33(40)24-29)36-18-14-32(15-19-36)41-27-30-9-11-34(41)25-30/h4-7,12-23,28-30,33-34,40-41H,8-11,24-27H2,1-3H3. The van der Waals surface area contributed by atoms with Crippen molar-refractivity contribution in [1.29, 1.82) is 0 Å². The highest BCUT2D eigenvalue weighted by Gasteiger charge is 2.42. The Labute approximate surface area is 297 Å². The Morgan fingerprint density at radius 1 is 0.580 bits per heavy atom. The number of hydrogen-bond acceptors (Lipinski definition) is 1. The Bertz CT molecular complexity index is 2230. The molecule has 2 nitrogen and oxygen atoms in total. The maximum atomic E-state index is 2.53. The molecule has 0 aliphatic heterocycles. The molecule has 4 saturated carbocycles. The zero-order valence-corrected chi connectivity index (χ0v) is 29.8. The van der Waals surface area contributed by atoms with Gasteiger partial charge in [0.1, 0.15) is 0 Å². The Hall–Kier alpha value is -4.30. The van der Waals surface area contributed by atoms with Gasteiger partial charge in [0, 0.05) is 51.3 Å². The monoisotopic (exact) mass is 652 g/mol. The van der Waals surface area contributed by atoms with Crippen LogP contribution in [-0.4, -0.2) is 4.57 Å². The summed E-state index contributed by atoms with van der Waals surface area (Å²) >= 11 is 0. The summed E-state index contributed by atoms with van der Waals surface area (Å²) in [5.41, 5.74) is 15.0. The van der Waals surface area contributed by atoms with Crippen molar-refractivity contribution in [2.24, 2.45) is 30.7 Å². The topological polar surface area (TPSA) is 8.17 Å². The molecular formula is C48H48N2. The van der Waals surface area contributed by atoms with E-state index >= 15 is 0 Å². The minimum absolute atomic E-state index is 0.102. The van der Waals surface area contributed by atoms with Gasteiger partial charge in [0.15, 0.2) is 0 Å². The molecule has 6 atom stereocenters. The van der Waals surface area contributed by atoms with Crippen LogP contribution in [0, 0.1) is 23.7 Å². The number of hydrogen-bond donors (Lipinski definition) is 0. The van der Waals surface area contributed by atoms with Gasteiger partial charge in [-0.3, -0.25) is 0 Å². The van der Waals surface area contributed by atoms with E-state index in [1.807, 2.05) is 0 Å². The van der Waals surface area contributed by atoms with Crippen molar-refractivity contribution in [1.82, 2.24) is 4.57 Å². The summed E-state index contributed by atoms with van der Waals surface area (Å²) < 4.78 is 2.37. The Morgan fingerprint density at radius 3 is 1.76 bits per heavy atom. The molecule has 11 rings (SSSR count). The molecule has 0 saturated heterocycles. The van der Waals surface area contributed by atoms with Crippen molar-refractivity contribution >= 4 is 38.9 Å². The van der Waals surface area contributed by atoms with Gasteiger partial charge in [-0.05, 0) is 156 Å². The van der Waals surface area contributed by atoms with Crippen LogP contribution in [-0.2, 0) is 12.5 Å². The van der Waals surface area contributed by atoms with E-state index in [4.69, 9.17) is 0 Å². The van der Waals surface area contributed by atoms with Crippen molar-refractivity contribution in [3.8, 4) is 11.1 Å². The van der Waals surface area contributed by atoms with Crippen LogP contribution in [0.1, 0.15) is 99.3 Å². The van der Waals surface area contributed by atoms with Crippen LogP contribution in [0.5, 0.6) is 0 Å². The second kappa shape index (κ2) is 10.6. The molecule has 0 spiro atoms. The van der Waals surface area contributed by atoms with Crippen molar-refractivity contribution in [2.75, 3.05) is 4.90 Å². The van der Waals surface area contributed by atoms with Crippen molar-refractivity contribution in [3.63, 3.8) is 0 Å². The summed E-state index contributed by atoms with van der Waals surface area (Å²) in [6.07, 6.45) is 11.4. The van der Waals surface area contributed by atoms with Crippen molar-refractivity contribution in [2.45, 2.75) is 82.5 Å². The first-order valence-electron chi connectivity index (χ1n) is 19.6. The van der Waals surface area contributed by atoms with E-state index in [1.54, 1.807) is 11.1 Å². The number of aryl methyl sites for hydroxylation is 1. The number of aromatic nitrogens is 1. The van der Waals surface area contributed by atoms with Crippen molar-refractivity contribution in [3.05, 3.63) is 125 Å². The van der Waals surface area contributed by atoms with E-state index in [0.717, 1.165) is 35.5 Å². The fraction of sp³-hybridized carbons (Fsp3) is 0.375. The summed E-state index contributed by atoms with van der Waals surface area (Å²) in [6.45, 7) is 4.86. The molecule has 5 aliphatic rings. The Balaban J connectivity index is 1.03. The summed E-state index contributed by atoms with van der Waals surface area (Å²) in [5.74, 6) is 5.22. The highest BCUT2D eigenvalue weighted by molar-refractivity contribution is 6.17. The second-order valence-corrected chi connectivity index (χ2v) is 17.4. The molecule has 6 unspecified atom stereocenters. The van der Waals surface area contributed by atoms with Gasteiger partial charge in [-0.2, -0.15) is 0 Å². The number of fused-ring (bicyclic) bond motifs is 11. The molecule has 2 heteroatoms. The minimum atomic E-state index is -0.102. The average molecular weight is 653 g/mol. The van der Waals surface area contributed by atoms with Crippen molar-refractivity contribution < 1.29 is 0 Å². The van der Waals surface area contributed by atoms with E-state index in [1.165, 1.54) is 112 Å². The van der Waals surface area contributed by atoms with Gasteiger partial charge in [-0.25, -0.2) is 0 Å². The normalized spacial score (nSPS) is 27.0. The molecular weight excluding hydrogens is 605 g/mol. The Morgan fingerprint density at radius 2 is 1.18 bits per heavy atom. The highest BCUT2D eigenvalue weighted by Crippen LogP contribution is 2.56. The number of nitrogens with zero attached hydrogens (tertiary/aromatic N) is 2. The average Bonchev–Trinajstić information content (AvgIpc) is 4.02. The van der Waals surface area contributed by atoms with Gasteiger partial charge in [0.2, 0.25) is 0 Å². The summed E-state index contributed by atoms with van der Waals surface area (Å²) in [5, 5.41) is 2.74. The third-order valence-corrected chi connectivity index (χ3v) is 14.6. The predicted molar refractivity (Wildman–Crippen MR) is 209 cm³/mol. The van der Waals surface area contributed by atoms with Gasteiger partial charge >= 0.3 is 0 Å². The summed E-state index contributed by atoms with van der Waals surface area (Å²) in [7, 11) is 2.21. The fourth-order valence-corrected chi connectivity index (χ4v) is 12.1. The van der Waals surface area contributed by atoms with Crippen LogP contribution in [0.4, 0.5) is 17.1 Å². The largest absolute Gasteiger partial charge is 0.344 e. The smallest absolute Gasteiger partial charge is 0.0495 e. The molecule has 250 valence electrons. The lowest BCUT2D eigenvalue weighted by Gasteiger charge is -2.29. The quantitative estimate of drug-likeness (QED) is 0.180. The molecule has 4 fully saturated rings. The van der Waals surface area contributed by atoms with Crippen LogP contribution < -0.4 is 4.90 Å². The van der Waals surface area contributed by atoms with Crippen LogP contribution in [0.2, 0.25) is 0 Å². The predicted octanol–water partition coefficient (Wildman–Crippen LogP) is 12.9. The van der Waals surface area contributed by atoms with Crippen LogP contribution in [0.25, 0.3) is 32.9 Å². The van der Waals surface area contributed by atoms with Gasteiger partial charge in [-0.1, -0.05) is 81.3 Å². The maximum absolute atomic E-state index is 2.53. The van der Waals surface area contributed by atoms with Crippen LogP contribution >= 0.6 is 0 Å². The van der Waals surface area contributed by atoms with Gasteiger partial charge in [0.25, 0.3) is 0 Å². The van der Waals surface area contributed by atoms with E-state index in [-0.39, 0.29) is 5.41 Å². The van der Waals surface area contributed by atoms with Crippen LogP contribution in [0.3, 0.4) is 0 Å². The molecule has 50 heavy (non-hydrogen) atoms. The fourth-order valence-electron chi connectivity index (χ4n) is 12.1. The molecule has 1 aromatic heterocycles. The SMILES string of the molecule is Cn1c2ccccc2c2c3c(ccc21)C(C)(C)c1cc(N(c2ccc(C4CC5CCC4C5)cc2)c2ccc(C4CC5CCC4C5)cc2)ccc1-3. The molecule has 4 bridgehead atoms. The zero-order valence-electron chi connectivity index (χ0n) is 29.8. The number of benzene rings is 5. The Kier molecular flexibility index (Phi) is 6.25. The lowest BCUT2D eigenvalue weighted by Crippen LogP contribution is -2.17. The van der Waals surface area contributed by atoms with Gasteiger partial charge in [0.05, 0.1) is 0 Å². The maximum Gasteiger partial charge on any atom is 0.0495 e. The van der Waals surface area contributed by atoms with E-state index < -0.39 is 0 Å². The summed E-state index contributed by atoms with van der Waals surface area (Å²) in [6, 6.07) is 40.5. The van der Waals surface area contributed by atoms with E-state index in [9.17, 15) is 0 Å². The third kappa shape index (κ3) is 4.14. The molecule has 5 aromatic carbocycles. The highest BCUT2D eigenvalue weighted by atomic mass is 15.1.